The average Bonchev–Trinajstić information content (AvgIpc) is 3.42. The van der Waals surface area contributed by atoms with Crippen LogP contribution in [0.1, 0.15) is 71.1 Å². The molecule has 3 atom stereocenters. The van der Waals surface area contributed by atoms with E-state index < -0.39 is 6.10 Å². The first-order chi connectivity index (χ1) is 16.7. The lowest BCUT2D eigenvalue weighted by molar-refractivity contribution is 0.0249. The van der Waals surface area contributed by atoms with E-state index in [4.69, 9.17) is 19.2 Å². The van der Waals surface area contributed by atoms with Crippen LogP contribution in [0.15, 0.2) is 42.5 Å². The molecule has 2 N–H and O–H groups in total. The highest BCUT2D eigenvalue weighted by Crippen LogP contribution is 2.40. The third kappa shape index (κ3) is 6.94. The Balaban J connectivity index is 1.46. The molecule has 1 heterocycles. The van der Waals surface area contributed by atoms with Gasteiger partial charge in [-0.1, -0.05) is 47.7 Å². The SMILES string of the molecule is CC(C)Oc1nc2c(OC(C)(C)C)ccc([C@H](O)CN[C@H]3CCC[C@@H]3OCc3ccccc3)c2s1. The summed E-state index contributed by atoms with van der Waals surface area (Å²) < 4.78 is 19.2. The molecule has 35 heavy (non-hydrogen) atoms. The van der Waals surface area contributed by atoms with Gasteiger partial charge in [0.2, 0.25) is 0 Å². The second-order valence-electron chi connectivity index (χ2n) is 10.5. The van der Waals surface area contributed by atoms with E-state index in [1.807, 2.05) is 65.0 Å². The molecule has 190 valence electrons. The Morgan fingerprint density at radius 1 is 1.11 bits per heavy atom. The third-order valence-electron chi connectivity index (χ3n) is 5.96. The van der Waals surface area contributed by atoms with Gasteiger partial charge < -0.3 is 24.6 Å². The first-order valence-corrected chi connectivity index (χ1v) is 13.4. The maximum Gasteiger partial charge on any atom is 0.274 e. The highest BCUT2D eigenvalue weighted by molar-refractivity contribution is 7.20. The zero-order chi connectivity index (χ0) is 25.0. The first-order valence-electron chi connectivity index (χ1n) is 12.6. The van der Waals surface area contributed by atoms with Crippen LogP contribution in [0.2, 0.25) is 0 Å². The number of nitrogens with one attached hydrogen (secondary N) is 1. The lowest BCUT2D eigenvalue weighted by Crippen LogP contribution is -2.39. The second-order valence-corrected chi connectivity index (χ2v) is 11.4. The zero-order valence-corrected chi connectivity index (χ0v) is 22.2. The Morgan fingerprint density at radius 2 is 1.89 bits per heavy atom. The van der Waals surface area contributed by atoms with Crippen molar-refractivity contribution in [3.05, 3.63) is 53.6 Å². The van der Waals surface area contributed by atoms with Crippen LogP contribution in [-0.2, 0) is 11.3 Å². The molecule has 0 saturated heterocycles. The number of hydrogen-bond donors (Lipinski definition) is 2. The summed E-state index contributed by atoms with van der Waals surface area (Å²) in [6, 6.07) is 14.4. The number of aliphatic hydroxyl groups is 1. The van der Waals surface area contributed by atoms with Crippen LogP contribution in [-0.4, -0.2) is 40.5 Å². The van der Waals surface area contributed by atoms with Gasteiger partial charge in [0, 0.05) is 18.2 Å². The van der Waals surface area contributed by atoms with Crippen LogP contribution in [0.3, 0.4) is 0 Å². The van der Waals surface area contributed by atoms with Crippen molar-refractivity contribution in [1.29, 1.82) is 0 Å². The molecule has 4 rings (SSSR count). The van der Waals surface area contributed by atoms with Crippen LogP contribution < -0.4 is 14.8 Å². The quantitative estimate of drug-likeness (QED) is 0.356. The number of aliphatic hydroxyl groups excluding tert-OH is 1. The van der Waals surface area contributed by atoms with E-state index >= 15 is 0 Å². The second kappa shape index (κ2) is 11.2. The summed E-state index contributed by atoms with van der Waals surface area (Å²) in [6.07, 6.45) is 2.71. The predicted molar refractivity (Wildman–Crippen MR) is 141 cm³/mol. The third-order valence-corrected chi connectivity index (χ3v) is 6.96. The van der Waals surface area contributed by atoms with Gasteiger partial charge in [-0.2, -0.15) is 4.98 Å². The van der Waals surface area contributed by atoms with E-state index in [0.717, 1.165) is 35.0 Å². The number of rotatable bonds is 10. The molecule has 7 heteroatoms. The summed E-state index contributed by atoms with van der Waals surface area (Å²) in [4.78, 5) is 4.70. The number of fused-ring (bicyclic) bond motifs is 1. The number of aromatic nitrogens is 1. The molecule has 1 aliphatic rings. The van der Waals surface area contributed by atoms with E-state index in [9.17, 15) is 5.11 Å². The summed E-state index contributed by atoms with van der Waals surface area (Å²) in [6.45, 7) is 11.1. The first kappa shape index (κ1) is 25.9. The molecule has 1 aromatic heterocycles. The van der Waals surface area contributed by atoms with Gasteiger partial charge in [0.1, 0.15) is 16.9 Å². The van der Waals surface area contributed by atoms with Crippen molar-refractivity contribution in [3.8, 4) is 10.9 Å². The van der Waals surface area contributed by atoms with Gasteiger partial charge in [-0.15, -0.1) is 0 Å². The predicted octanol–water partition coefficient (Wildman–Crippen LogP) is 6.02. The van der Waals surface area contributed by atoms with Gasteiger partial charge in [0.05, 0.1) is 29.6 Å². The fourth-order valence-electron chi connectivity index (χ4n) is 4.42. The molecular formula is C28H38N2O4S. The van der Waals surface area contributed by atoms with Crippen molar-refractivity contribution < 1.29 is 19.3 Å². The normalized spacial score (nSPS) is 19.4. The molecule has 6 nitrogen and oxygen atoms in total. The Bertz CT molecular complexity index is 1090. The Hall–Kier alpha value is -2.19. The molecule has 0 bridgehead atoms. The van der Waals surface area contributed by atoms with Gasteiger partial charge in [-0.25, -0.2) is 0 Å². The molecular weight excluding hydrogens is 460 g/mol. The molecule has 1 aliphatic carbocycles. The van der Waals surface area contributed by atoms with Crippen LogP contribution in [0, 0.1) is 0 Å². The summed E-state index contributed by atoms with van der Waals surface area (Å²) in [7, 11) is 0. The minimum Gasteiger partial charge on any atom is -0.486 e. The minimum atomic E-state index is -0.677. The van der Waals surface area contributed by atoms with Crippen LogP contribution in [0.25, 0.3) is 10.2 Å². The van der Waals surface area contributed by atoms with E-state index in [1.54, 1.807) is 0 Å². The van der Waals surface area contributed by atoms with Crippen molar-refractivity contribution in [2.45, 2.75) is 90.4 Å². The van der Waals surface area contributed by atoms with Crippen molar-refractivity contribution in [1.82, 2.24) is 10.3 Å². The van der Waals surface area contributed by atoms with Gasteiger partial charge in [-0.05, 0) is 65.5 Å². The van der Waals surface area contributed by atoms with Crippen molar-refractivity contribution >= 4 is 21.6 Å². The monoisotopic (exact) mass is 498 g/mol. The summed E-state index contributed by atoms with van der Waals surface area (Å²) >= 11 is 1.46. The maximum absolute atomic E-state index is 11.2. The number of ether oxygens (including phenoxy) is 3. The summed E-state index contributed by atoms with van der Waals surface area (Å²) in [5.41, 5.74) is 2.41. The van der Waals surface area contributed by atoms with E-state index in [1.165, 1.54) is 16.9 Å². The Morgan fingerprint density at radius 3 is 2.60 bits per heavy atom. The maximum atomic E-state index is 11.2. The molecule has 3 aromatic rings. The average molecular weight is 499 g/mol. The lowest BCUT2D eigenvalue weighted by atomic mass is 10.1. The Labute approximate surface area is 212 Å². The van der Waals surface area contributed by atoms with Gasteiger partial charge >= 0.3 is 0 Å². The summed E-state index contributed by atoms with van der Waals surface area (Å²) in [5.74, 6) is 0.705. The molecule has 0 unspecified atom stereocenters. The minimum absolute atomic E-state index is 0.0211. The fourth-order valence-corrected chi connectivity index (χ4v) is 5.54. The number of hydrogen-bond acceptors (Lipinski definition) is 7. The van der Waals surface area contributed by atoms with E-state index in [0.29, 0.717) is 24.1 Å². The van der Waals surface area contributed by atoms with Crippen LogP contribution in [0.5, 0.6) is 10.9 Å². The van der Waals surface area contributed by atoms with Crippen LogP contribution >= 0.6 is 11.3 Å². The molecule has 1 saturated carbocycles. The molecule has 0 radical (unpaired) electrons. The number of nitrogens with zero attached hydrogens (tertiary/aromatic N) is 1. The van der Waals surface area contributed by atoms with Crippen molar-refractivity contribution in [2.75, 3.05) is 6.54 Å². The highest BCUT2D eigenvalue weighted by atomic mass is 32.1. The highest BCUT2D eigenvalue weighted by Gasteiger charge is 2.29. The number of benzene rings is 2. The molecule has 0 amide bonds. The standard InChI is InChI=1S/C28H38N2O4S/c1-18(2)33-27-30-25-24(34-28(3,4)5)15-14-20(26(25)35-27)22(31)16-29-21-12-9-13-23(21)32-17-19-10-7-6-8-11-19/h6-8,10-11,14-15,18,21-23,29,31H,9,12-13,16-17H2,1-5H3/t21-,22+,23-/m0/s1. The van der Waals surface area contributed by atoms with Gasteiger partial charge in [0.25, 0.3) is 5.19 Å². The summed E-state index contributed by atoms with van der Waals surface area (Å²) in [5, 5.41) is 15.3. The van der Waals surface area contributed by atoms with E-state index in [-0.39, 0.29) is 23.9 Å². The largest absolute Gasteiger partial charge is 0.486 e. The number of thiazole rings is 1. The fraction of sp³-hybridized carbons (Fsp3) is 0.536. The van der Waals surface area contributed by atoms with E-state index in [2.05, 4.69) is 17.4 Å². The smallest absolute Gasteiger partial charge is 0.274 e. The molecule has 1 fully saturated rings. The topological polar surface area (TPSA) is 72.8 Å². The lowest BCUT2D eigenvalue weighted by Gasteiger charge is -2.24. The molecule has 0 aliphatic heterocycles. The zero-order valence-electron chi connectivity index (χ0n) is 21.4. The van der Waals surface area contributed by atoms with Gasteiger partial charge in [0.15, 0.2) is 0 Å². The van der Waals surface area contributed by atoms with Crippen molar-refractivity contribution in [2.24, 2.45) is 0 Å². The van der Waals surface area contributed by atoms with Gasteiger partial charge in [-0.3, -0.25) is 0 Å². The van der Waals surface area contributed by atoms with Crippen LogP contribution in [0.4, 0.5) is 0 Å². The van der Waals surface area contributed by atoms with Crippen molar-refractivity contribution in [3.63, 3.8) is 0 Å². The Kier molecular flexibility index (Phi) is 8.32. The molecule has 0 spiro atoms. The molecule has 2 aromatic carbocycles.